The number of aromatic nitrogens is 2. The number of hydrogen-bond donors (Lipinski definition) is 1. The van der Waals surface area contributed by atoms with E-state index in [4.69, 9.17) is 9.47 Å². The predicted octanol–water partition coefficient (Wildman–Crippen LogP) is 2.25. The summed E-state index contributed by atoms with van der Waals surface area (Å²) in [6.07, 6.45) is 1.07. The molecule has 0 amide bonds. The van der Waals surface area contributed by atoms with Gasteiger partial charge >= 0.3 is 6.01 Å². The first kappa shape index (κ1) is 13.1. The summed E-state index contributed by atoms with van der Waals surface area (Å²) >= 11 is 0. The lowest BCUT2D eigenvalue weighted by atomic mass is 10.2. The average molecular weight is 263 g/mol. The fraction of sp³-hybridized carbons (Fsp3) is 0.231. The van der Waals surface area contributed by atoms with Crippen molar-refractivity contribution in [3.8, 4) is 11.8 Å². The average Bonchev–Trinajstić information content (AvgIpc) is 2.47. The highest BCUT2D eigenvalue weighted by molar-refractivity contribution is 5.35. The molecule has 2 rings (SSSR count). The van der Waals surface area contributed by atoms with Crippen LogP contribution in [-0.2, 0) is 6.61 Å². The van der Waals surface area contributed by atoms with Gasteiger partial charge in [-0.1, -0.05) is 12.1 Å². The minimum atomic E-state index is -0.515. The molecule has 0 aliphatic carbocycles. The third-order valence-corrected chi connectivity index (χ3v) is 2.49. The van der Waals surface area contributed by atoms with Crippen LogP contribution in [0.5, 0.6) is 11.8 Å². The minimum absolute atomic E-state index is 0.111. The molecule has 1 heterocycles. The van der Waals surface area contributed by atoms with Gasteiger partial charge in [-0.2, -0.15) is 4.98 Å². The molecule has 1 aromatic carbocycles. The monoisotopic (exact) mass is 263 g/mol. The molecule has 0 saturated heterocycles. The maximum absolute atomic E-state index is 13.2. The molecule has 0 unspecified atom stereocenters. The lowest BCUT2D eigenvalue weighted by molar-refractivity contribution is 0.279. The van der Waals surface area contributed by atoms with Gasteiger partial charge in [0.1, 0.15) is 12.4 Å². The maximum atomic E-state index is 13.2. The number of nitrogens with one attached hydrogen (secondary N) is 1. The van der Waals surface area contributed by atoms with Crippen molar-refractivity contribution in [2.45, 2.75) is 6.61 Å². The number of rotatable bonds is 5. The summed E-state index contributed by atoms with van der Waals surface area (Å²) < 4.78 is 23.6. The highest BCUT2D eigenvalue weighted by atomic mass is 19.1. The van der Waals surface area contributed by atoms with E-state index in [1.54, 1.807) is 14.2 Å². The molecule has 5 nitrogen and oxygen atoms in total. The van der Waals surface area contributed by atoms with Gasteiger partial charge in [-0.25, -0.2) is 9.37 Å². The van der Waals surface area contributed by atoms with Gasteiger partial charge in [0.25, 0.3) is 0 Å². The lowest BCUT2D eigenvalue weighted by Crippen LogP contribution is -2.03. The SMILES string of the molecule is CNc1nc(OCc2ccc(OC)cc2)ncc1F. The number of methoxy groups -OCH3 is 1. The molecule has 100 valence electrons. The van der Waals surface area contributed by atoms with Crippen LogP contribution in [-0.4, -0.2) is 24.1 Å². The molecular weight excluding hydrogens is 249 g/mol. The first-order chi connectivity index (χ1) is 9.22. The van der Waals surface area contributed by atoms with Crippen molar-refractivity contribution in [2.75, 3.05) is 19.5 Å². The number of anilines is 1. The van der Waals surface area contributed by atoms with E-state index in [1.807, 2.05) is 24.3 Å². The minimum Gasteiger partial charge on any atom is -0.497 e. The molecule has 0 aliphatic heterocycles. The van der Waals surface area contributed by atoms with Crippen LogP contribution in [0.2, 0.25) is 0 Å². The molecular formula is C13H14FN3O2. The Morgan fingerprint density at radius 2 is 2.00 bits per heavy atom. The second-order valence-electron chi connectivity index (χ2n) is 3.74. The predicted molar refractivity (Wildman–Crippen MR) is 68.9 cm³/mol. The summed E-state index contributed by atoms with van der Waals surface area (Å²) in [7, 11) is 3.19. The lowest BCUT2D eigenvalue weighted by Gasteiger charge is -2.07. The van der Waals surface area contributed by atoms with E-state index in [-0.39, 0.29) is 11.8 Å². The molecule has 1 aromatic heterocycles. The number of nitrogens with zero attached hydrogens (tertiary/aromatic N) is 2. The van der Waals surface area contributed by atoms with Crippen molar-refractivity contribution in [3.63, 3.8) is 0 Å². The van der Waals surface area contributed by atoms with Crippen molar-refractivity contribution < 1.29 is 13.9 Å². The molecule has 0 saturated carbocycles. The summed E-state index contributed by atoms with van der Waals surface area (Å²) in [6, 6.07) is 7.55. The molecule has 19 heavy (non-hydrogen) atoms. The van der Waals surface area contributed by atoms with Gasteiger partial charge in [0.15, 0.2) is 11.6 Å². The zero-order valence-corrected chi connectivity index (χ0v) is 10.7. The summed E-state index contributed by atoms with van der Waals surface area (Å²) in [6.45, 7) is 0.304. The second-order valence-corrected chi connectivity index (χ2v) is 3.74. The highest BCUT2D eigenvalue weighted by Crippen LogP contribution is 2.15. The van der Waals surface area contributed by atoms with Crippen LogP contribution in [0.4, 0.5) is 10.2 Å². The standard InChI is InChI=1S/C13H14FN3O2/c1-15-12-11(14)7-16-13(17-12)19-8-9-3-5-10(18-2)6-4-9/h3-7H,8H2,1-2H3,(H,15,16,17). The summed E-state index contributed by atoms with van der Waals surface area (Å²) in [5.74, 6) is 0.373. The first-order valence-corrected chi connectivity index (χ1v) is 5.69. The fourth-order valence-corrected chi connectivity index (χ4v) is 1.47. The Kier molecular flexibility index (Phi) is 4.12. The smallest absolute Gasteiger partial charge is 0.318 e. The van der Waals surface area contributed by atoms with Crippen LogP contribution >= 0.6 is 0 Å². The van der Waals surface area contributed by atoms with Crippen LogP contribution in [0.25, 0.3) is 0 Å². The summed E-state index contributed by atoms with van der Waals surface area (Å²) in [5, 5.41) is 2.63. The number of halogens is 1. The number of benzene rings is 1. The maximum Gasteiger partial charge on any atom is 0.318 e. The van der Waals surface area contributed by atoms with Crippen LogP contribution in [0.3, 0.4) is 0 Å². The molecule has 6 heteroatoms. The van der Waals surface area contributed by atoms with Crippen molar-refractivity contribution in [1.29, 1.82) is 0 Å². The van der Waals surface area contributed by atoms with Crippen LogP contribution < -0.4 is 14.8 Å². The molecule has 0 atom stereocenters. The van der Waals surface area contributed by atoms with E-state index >= 15 is 0 Å². The van der Waals surface area contributed by atoms with Gasteiger partial charge in [0, 0.05) is 7.05 Å². The normalized spacial score (nSPS) is 10.1. The summed E-state index contributed by atoms with van der Waals surface area (Å²) in [4.78, 5) is 7.66. The van der Waals surface area contributed by atoms with E-state index in [9.17, 15) is 4.39 Å². The Balaban J connectivity index is 2.01. The van der Waals surface area contributed by atoms with Gasteiger partial charge in [0.2, 0.25) is 0 Å². The topological polar surface area (TPSA) is 56.3 Å². The van der Waals surface area contributed by atoms with Gasteiger partial charge in [-0.05, 0) is 17.7 Å². The highest BCUT2D eigenvalue weighted by Gasteiger charge is 2.06. The molecule has 0 spiro atoms. The Labute approximate surface area is 110 Å². The zero-order valence-electron chi connectivity index (χ0n) is 10.7. The Hall–Kier alpha value is -2.37. The quantitative estimate of drug-likeness (QED) is 0.896. The largest absolute Gasteiger partial charge is 0.497 e. The van der Waals surface area contributed by atoms with Crippen molar-refractivity contribution in [3.05, 3.63) is 41.8 Å². The molecule has 0 aliphatic rings. The molecule has 0 fully saturated rings. The Bertz CT molecular complexity index is 546. The molecule has 1 N–H and O–H groups in total. The van der Waals surface area contributed by atoms with E-state index in [2.05, 4.69) is 15.3 Å². The van der Waals surface area contributed by atoms with E-state index in [0.29, 0.717) is 6.61 Å². The van der Waals surface area contributed by atoms with Crippen LogP contribution in [0.15, 0.2) is 30.5 Å². The van der Waals surface area contributed by atoms with Gasteiger partial charge in [-0.3, -0.25) is 0 Å². The molecule has 0 bridgehead atoms. The van der Waals surface area contributed by atoms with E-state index in [0.717, 1.165) is 17.5 Å². The number of hydrogen-bond acceptors (Lipinski definition) is 5. The molecule has 2 aromatic rings. The third kappa shape index (κ3) is 3.31. The Morgan fingerprint density at radius 1 is 1.26 bits per heavy atom. The van der Waals surface area contributed by atoms with Gasteiger partial charge in [-0.15, -0.1) is 0 Å². The molecule has 0 radical (unpaired) electrons. The summed E-state index contributed by atoms with van der Waals surface area (Å²) in [5.41, 5.74) is 0.944. The van der Waals surface area contributed by atoms with Crippen LogP contribution in [0, 0.1) is 5.82 Å². The number of ether oxygens (including phenoxy) is 2. The van der Waals surface area contributed by atoms with Crippen molar-refractivity contribution in [2.24, 2.45) is 0 Å². The second kappa shape index (κ2) is 5.99. The van der Waals surface area contributed by atoms with E-state index in [1.165, 1.54) is 0 Å². The third-order valence-electron chi connectivity index (χ3n) is 2.49. The fourth-order valence-electron chi connectivity index (χ4n) is 1.47. The van der Waals surface area contributed by atoms with Crippen LogP contribution in [0.1, 0.15) is 5.56 Å². The Morgan fingerprint density at radius 3 is 2.63 bits per heavy atom. The van der Waals surface area contributed by atoms with E-state index < -0.39 is 5.82 Å². The van der Waals surface area contributed by atoms with Crippen molar-refractivity contribution in [1.82, 2.24) is 9.97 Å². The first-order valence-electron chi connectivity index (χ1n) is 5.69. The van der Waals surface area contributed by atoms with Crippen molar-refractivity contribution >= 4 is 5.82 Å². The van der Waals surface area contributed by atoms with Gasteiger partial charge in [0.05, 0.1) is 13.3 Å². The zero-order chi connectivity index (χ0) is 13.7. The van der Waals surface area contributed by atoms with Gasteiger partial charge < -0.3 is 14.8 Å².